The number of aryl methyl sites for hydroxylation is 1. The van der Waals surface area contributed by atoms with Gasteiger partial charge in [0, 0.05) is 6.42 Å². The Labute approximate surface area is 162 Å². The van der Waals surface area contributed by atoms with Crippen LogP contribution in [0.3, 0.4) is 0 Å². The fraction of sp³-hybridized carbons (Fsp3) is 0.190. The summed E-state index contributed by atoms with van der Waals surface area (Å²) in [6.45, 7) is 2.50. The van der Waals surface area contributed by atoms with Gasteiger partial charge in [-0.05, 0) is 66.6 Å². The van der Waals surface area contributed by atoms with Crippen LogP contribution in [0.4, 0.5) is 5.69 Å². The summed E-state index contributed by atoms with van der Waals surface area (Å²) in [6.07, 6.45) is 2.99. The normalized spacial score (nSPS) is 16.4. The Morgan fingerprint density at radius 2 is 2.11 bits per heavy atom. The fourth-order valence-corrected chi connectivity index (χ4v) is 3.32. The van der Waals surface area contributed by atoms with Gasteiger partial charge in [-0.15, -0.1) is 0 Å². The highest BCUT2D eigenvalue weighted by molar-refractivity contribution is 8.18. The third-order valence-electron chi connectivity index (χ3n) is 3.74. The summed E-state index contributed by atoms with van der Waals surface area (Å²) >= 11 is 1.32. The van der Waals surface area contributed by atoms with E-state index >= 15 is 0 Å². The van der Waals surface area contributed by atoms with Gasteiger partial charge in [-0.25, -0.2) is 4.99 Å². The molecule has 1 N–H and O–H groups in total. The van der Waals surface area contributed by atoms with Gasteiger partial charge in [-0.2, -0.15) is 5.26 Å². The molecule has 2 aromatic carbocycles. The largest absolute Gasteiger partial charge is 0.494 e. The van der Waals surface area contributed by atoms with E-state index < -0.39 is 0 Å². The zero-order valence-electron chi connectivity index (χ0n) is 14.9. The van der Waals surface area contributed by atoms with Crippen molar-refractivity contribution in [1.29, 1.82) is 5.26 Å². The zero-order chi connectivity index (χ0) is 19.1. The van der Waals surface area contributed by atoms with Gasteiger partial charge in [-0.1, -0.05) is 24.3 Å². The number of hydrogen-bond acceptors (Lipinski definition) is 5. The van der Waals surface area contributed by atoms with E-state index in [9.17, 15) is 4.79 Å². The standard InChI is InChI=1S/C21H19N3O2S/c1-15-6-4-8-17(12-15)23-21-24-20(25)19(27-21)14-16-7-5-9-18(13-16)26-11-3-2-10-22/h4-9,12-14H,2-3,11H2,1H3,(H,23,24,25)/b19-14-. The number of thioether (sulfide) groups is 1. The molecule has 0 bridgehead atoms. The number of nitriles is 1. The molecule has 1 heterocycles. The van der Waals surface area contributed by atoms with E-state index in [1.165, 1.54) is 11.8 Å². The molecule has 1 fully saturated rings. The van der Waals surface area contributed by atoms with Gasteiger partial charge in [0.1, 0.15) is 5.75 Å². The second kappa shape index (κ2) is 9.06. The Hall–Kier alpha value is -3.04. The number of hydrogen-bond donors (Lipinski definition) is 1. The molecule has 0 atom stereocenters. The summed E-state index contributed by atoms with van der Waals surface area (Å²) in [5.74, 6) is 0.561. The molecule has 0 spiro atoms. The molecule has 27 heavy (non-hydrogen) atoms. The summed E-state index contributed by atoms with van der Waals surface area (Å²) < 4.78 is 5.64. The maximum absolute atomic E-state index is 12.2. The zero-order valence-corrected chi connectivity index (χ0v) is 15.8. The predicted octanol–water partition coefficient (Wildman–Crippen LogP) is 4.57. The Morgan fingerprint density at radius 1 is 1.26 bits per heavy atom. The maximum Gasteiger partial charge on any atom is 0.264 e. The number of ether oxygens (including phenoxy) is 1. The molecule has 0 aromatic heterocycles. The lowest BCUT2D eigenvalue weighted by molar-refractivity contribution is -0.115. The van der Waals surface area contributed by atoms with Gasteiger partial charge in [0.05, 0.1) is 23.3 Å². The number of rotatable bonds is 6. The third kappa shape index (κ3) is 5.47. The van der Waals surface area contributed by atoms with Crippen LogP contribution in [0.2, 0.25) is 0 Å². The summed E-state index contributed by atoms with van der Waals surface area (Å²) in [5.41, 5.74) is 2.81. The molecule has 3 rings (SSSR count). The smallest absolute Gasteiger partial charge is 0.264 e. The lowest BCUT2D eigenvalue weighted by Gasteiger charge is -2.05. The van der Waals surface area contributed by atoms with E-state index in [1.54, 1.807) is 0 Å². The van der Waals surface area contributed by atoms with E-state index in [2.05, 4.69) is 16.4 Å². The average molecular weight is 377 g/mol. The molecule has 2 aromatic rings. The Kier molecular flexibility index (Phi) is 6.29. The van der Waals surface area contributed by atoms with Crippen LogP contribution in [-0.2, 0) is 4.79 Å². The first-order valence-electron chi connectivity index (χ1n) is 8.60. The minimum atomic E-state index is -0.160. The number of carbonyl (C=O) groups excluding carboxylic acids is 1. The van der Waals surface area contributed by atoms with Crippen molar-refractivity contribution in [2.75, 3.05) is 6.61 Å². The first-order valence-corrected chi connectivity index (χ1v) is 9.42. The van der Waals surface area contributed by atoms with Crippen LogP contribution in [0.1, 0.15) is 24.0 Å². The van der Waals surface area contributed by atoms with Crippen molar-refractivity contribution in [2.45, 2.75) is 19.8 Å². The molecule has 0 radical (unpaired) electrons. The van der Waals surface area contributed by atoms with E-state index in [0.717, 1.165) is 22.6 Å². The van der Waals surface area contributed by atoms with Crippen LogP contribution in [0.25, 0.3) is 6.08 Å². The Balaban J connectivity index is 1.70. The fourth-order valence-electron chi connectivity index (χ4n) is 2.48. The summed E-state index contributed by atoms with van der Waals surface area (Å²) in [6, 6.07) is 17.4. The Bertz CT molecular complexity index is 944. The van der Waals surface area contributed by atoms with Gasteiger partial charge in [0.2, 0.25) is 0 Å². The molecule has 1 aliphatic heterocycles. The second-order valence-electron chi connectivity index (χ2n) is 6.00. The SMILES string of the molecule is Cc1cccc(N=C2NC(=O)/C(=C/c3cccc(OCCCC#N)c3)S2)c1. The van der Waals surface area contributed by atoms with E-state index in [-0.39, 0.29) is 5.91 Å². The van der Waals surface area contributed by atoms with Crippen LogP contribution < -0.4 is 10.1 Å². The van der Waals surface area contributed by atoms with Crippen molar-refractivity contribution < 1.29 is 9.53 Å². The first kappa shape index (κ1) is 18.7. The highest BCUT2D eigenvalue weighted by Crippen LogP contribution is 2.29. The highest BCUT2D eigenvalue weighted by Gasteiger charge is 2.23. The van der Waals surface area contributed by atoms with Gasteiger partial charge < -0.3 is 10.1 Å². The maximum atomic E-state index is 12.2. The minimum Gasteiger partial charge on any atom is -0.494 e. The number of nitrogens with zero attached hydrogens (tertiary/aromatic N) is 2. The van der Waals surface area contributed by atoms with Crippen LogP contribution in [-0.4, -0.2) is 17.7 Å². The molecule has 136 valence electrons. The van der Waals surface area contributed by atoms with Gasteiger partial charge in [-0.3, -0.25) is 4.79 Å². The Morgan fingerprint density at radius 3 is 2.93 bits per heavy atom. The lowest BCUT2D eigenvalue weighted by atomic mass is 10.2. The minimum absolute atomic E-state index is 0.160. The molecular weight excluding hydrogens is 358 g/mol. The van der Waals surface area contributed by atoms with Gasteiger partial charge in [0.25, 0.3) is 5.91 Å². The summed E-state index contributed by atoms with van der Waals surface area (Å²) in [7, 11) is 0. The number of amides is 1. The monoisotopic (exact) mass is 377 g/mol. The predicted molar refractivity (Wildman–Crippen MR) is 109 cm³/mol. The summed E-state index contributed by atoms with van der Waals surface area (Å²) in [5, 5.41) is 11.9. The highest BCUT2D eigenvalue weighted by atomic mass is 32.2. The third-order valence-corrected chi connectivity index (χ3v) is 4.65. The van der Waals surface area contributed by atoms with Crippen molar-refractivity contribution in [3.05, 3.63) is 64.6 Å². The molecule has 0 aliphatic carbocycles. The van der Waals surface area contributed by atoms with Gasteiger partial charge >= 0.3 is 0 Å². The van der Waals surface area contributed by atoms with Crippen molar-refractivity contribution >= 4 is 34.6 Å². The van der Waals surface area contributed by atoms with Crippen molar-refractivity contribution in [3.8, 4) is 11.8 Å². The van der Waals surface area contributed by atoms with Crippen LogP contribution in [0.5, 0.6) is 5.75 Å². The van der Waals surface area contributed by atoms with Crippen molar-refractivity contribution in [1.82, 2.24) is 5.32 Å². The van der Waals surface area contributed by atoms with E-state index in [0.29, 0.717) is 29.5 Å². The molecule has 0 saturated carbocycles. The van der Waals surface area contributed by atoms with Crippen LogP contribution in [0, 0.1) is 18.3 Å². The van der Waals surface area contributed by atoms with Crippen LogP contribution >= 0.6 is 11.8 Å². The number of benzene rings is 2. The molecule has 5 nitrogen and oxygen atoms in total. The number of nitrogens with one attached hydrogen (secondary N) is 1. The molecule has 6 heteroatoms. The van der Waals surface area contributed by atoms with Crippen LogP contribution in [0.15, 0.2) is 58.4 Å². The van der Waals surface area contributed by atoms with Crippen molar-refractivity contribution in [2.24, 2.45) is 4.99 Å². The molecule has 0 unspecified atom stereocenters. The number of unbranched alkanes of at least 4 members (excludes halogenated alkanes) is 1. The van der Waals surface area contributed by atoms with E-state index in [4.69, 9.17) is 10.00 Å². The molecular formula is C21H19N3O2S. The van der Waals surface area contributed by atoms with E-state index in [1.807, 2.05) is 61.5 Å². The summed E-state index contributed by atoms with van der Waals surface area (Å²) in [4.78, 5) is 17.3. The number of amidine groups is 1. The lowest BCUT2D eigenvalue weighted by Crippen LogP contribution is -2.19. The van der Waals surface area contributed by atoms with Gasteiger partial charge in [0.15, 0.2) is 5.17 Å². The number of carbonyl (C=O) groups is 1. The quantitative estimate of drug-likeness (QED) is 0.591. The molecule has 1 amide bonds. The topological polar surface area (TPSA) is 74.5 Å². The number of aliphatic imine (C=N–C) groups is 1. The molecule has 1 saturated heterocycles. The van der Waals surface area contributed by atoms with Crippen molar-refractivity contribution in [3.63, 3.8) is 0 Å². The second-order valence-corrected chi connectivity index (χ2v) is 7.03. The molecule has 1 aliphatic rings. The average Bonchev–Trinajstić information content (AvgIpc) is 2.98. The first-order chi connectivity index (χ1) is 13.1.